The van der Waals surface area contributed by atoms with Crippen LogP contribution in [0.2, 0.25) is 4.34 Å². The number of nitrogens with zero attached hydrogens (tertiary/aromatic N) is 2. The summed E-state index contributed by atoms with van der Waals surface area (Å²) in [7, 11) is -3.52. The van der Waals surface area contributed by atoms with E-state index in [0.29, 0.717) is 43.4 Å². The summed E-state index contributed by atoms with van der Waals surface area (Å²) in [5.74, 6) is 2.55. The van der Waals surface area contributed by atoms with E-state index in [1.54, 1.807) is 6.07 Å². The van der Waals surface area contributed by atoms with Crippen molar-refractivity contribution < 1.29 is 13.2 Å². The van der Waals surface area contributed by atoms with Gasteiger partial charge < -0.3 is 5.32 Å². The fourth-order valence-electron chi connectivity index (χ4n) is 2.87. The number of carbonyl (C=O) groups excluding carboxylic acids is 1. The molecule has 6 nitrogen and oxygen atoms in total. The lowest BCUT2D eigenvalue weighted by atomic mass is 9.94. The predicted molar refractivity (Wildman–Crippen MR) is 105 cm³/mol. The normalized spacial score (nSPS) is 17.0. The van der Waals surface area contributed by atoms with Crippen LogP contribution in [0, 0.1) is 12.3 Å². The number of hydrogen-bond acceptors (Lipinski definition) is 5. The molecule has 0 unspecified atom stereocenters. The topological polar surface area (TPSA) is 69.7 Å². The van der Waals surface area contributed by atoms with Gasteiger partial charge in [0.2, 0.25) is 5.91 Å². The molecule has 144 valence electrons. The van der Waals surface area contributed by atoms with Crippen molar-refractivity contribution in [3.8, 4) is 12.3 Å². The Labute approximate surface area is 164 Å². The zero-order valence-corrected chi connectivity index (χ0v) is 17.4. The number of amides is 1. The Hall–Kier alpha value is -1.11. The van der Waals surface area contributed by atoms with Crippen LogP contribution in [-0.2, 0) is 14.8 Å². The lowest BCUT2D eigenvalue weighted by Crippen LogP contribution is -2.54. The molecule has 1 aromatic rings. The molecule has 1 aromatic heterocycles. The van der Waals surface area contributed by atoms with Crippen LogP contribution in [0.25, 0.3) is 0 Å². The third-order valence-corrected chi connectivity index (χ3v) is 8.30. The molecular weight excluding hydrogens is 394 g/mol. The fourth-order valence-corrected chi connectivity index (χ4v) is 5.93. The first-order chi connectivity index (χ1) is 12.3. The van der Waals surface area contributed by atoms with Crippen LogP contribution in [0.3, 0.4) is 0 Å². The monoisotopic (exact) mass is 417 g/mol. The molecule has 0 aliphatic carbocycles. The number of carbonyl (C=O) groups is 1. The first-order valence-corrected chi connectivity index (χ1v) is 11.2. The van der Waals surface area contributed by atoms with E-state index in [2.05, 4.69) is 11.2 Å². The van der Waals surface area contributed by atoms with Gasteiger partial charge in [0.25, 0.3) is 10.0 Å². The smallest absolute Gasteiger partial charge is 0.252 e. The van der Waals surface area contributed by atoms with Gasteiger partial charge in [0.15, 0.2) is 0 Å². The molecule has 0 aromatic carbocycles. The zero-order valence-electron chi connectivity index (χ0n) is 15.0. The van der Waals surface area contributed by atoms with Gasteiger partial charge >= 0.3 is 0 Å². The summed E-state index contributed by atoms with van der Waals surface area (Å²) < 4.78 is 27.3. The van der Waals surface area contributed by atoms with Gasteiger partial charge in [-0.1, -0.05) is 31.4 Å². The summed E-state index contributed by atoms with van der Waals surface area (Å²) in [5, 5.41) is 2.94. The highest BCUT2D eigenvalue weighted by atomic mass is 35.5. The summed E-state index contributed by atoms with van der Waals surface area (Å²) in [6, 6.07) is 3.11. The molecule has 0 bridgehead atoms. The first-order valence-electron chi connectivity index (χ1n) is 8.53. The highest BCUT2D eigenvalue weighted by molar-refractivity contribution is 7.91. The maximum Gasteiger partial charge on any atom is 0.252 e. The maximum absolute atomic E-state index is 12.6. The van der Waals surface area contributed by atoms with Crippen LogP contribution in [0.1, 0.15) is 26.7 Å². The number of sulfonamides is 1. The highest BCUT2D eigenvalue weighted by Crippen LogP contribution is 2.28. The van der Waals surface area contributed by atoms with E-state index in [0.717, 1.165) is 11.3 Å². The summed E-state index contributed by atoms with van der Waals surface area (Å²) in [6.07, 6.45) is 6.91. The Morgan fingerprint density at radius 1 is 1.31 bits per heavy atom. The Morgan fingerprint density at radius 3 is 2.38 bits per heavy atom. The lowest BCUT2D eigenvalue weighted by molar-refractivity contribution is -0.123. The highest BCUT2D eigenvalue weighted by Gasteiger charge is 2.31. The van der Waals surface area contributed by atoms with Crippen molar-refractivity contribution >= 4 is 38.9 Å². The minimum absolute atomic E-state index is 0.131. The molecule has 1 aliphatic rings. The van der Waals surface area contributed by atoms with Crippen molar-refractivity contribution in [2.75, 3.05) is 32.7 Å². The molecule has 0 saturated carbocycles. The minimum atomic E-state index is -3.52. The molecule has 0 atom stereocenters. The van der Waals surface area contributed by atoms with Gasteiger partial charge in [-0.2, -0.15) is 4.31 Å². The molecule has 1 saturated heterocycles. The Kier molecular flexibility index (Phi) is 7.11. The Morgan fingerprint density at radius 2 is 1.92 bits per heavy atom. The Bertz CT molecular complexity index is 773. The van der Waals surface area contributed by atoms with Crippen molar-refractivity contribution in [3.63, 3.8) is 0 Å². The van der Waals surface area contributed by atoms with Gasteiger partial charge in [-0.25, -0.2) is 8.42 Å². The van der Waals surface area contributed by atoms with Gasteiger partial charge in [0.1, 0.15) is 9.75 Å². The van der Waals surface area contributed by atoms with Crippen molar-refractivity contribution in [2.24, 2.45) is 0 Å². The number of rotatable bonds is 7. The molecule has 26 heavy (non-hydrogen) atoms. The van der Waals surface area contributed by atoms with Gasteiger partial charge in [0, 0.05) is 26.2 Å². The molecule has 1 fully saturated rings. The zero-order chi connectivity index (χ0) is 19.4. The number of thiophene rings is 1. The van der Waals surface area contributed by atoms with Gasteiger partial charge in [-0.05, 0) is 25.0 Å². The standard InChI is InChI=1S/C17H24ClN3O3S2/c1-4-17(5-2,6-3)19-15(22)13-20-9-11-21(12-10-20)26(23,24)16-8-7-14(18)25-16/h1,7-8H,5-6,9-13H2,2-3H3,(H,19,22). The second-order valence-corrected chi connectivity index (χ2v) is 10.1. The maximum atomic E-state index is 12.6. The van der Waals surface area contributed by atoms with E-state index < -0.39 is 15.6 Å². The second-order valence-electron chi connectivity index (χ2n) is 6.22. The third kappa shape index (κ3) is 4.78. The molecule has 2 rings (SSSR count). The van der Waals surface area contributed by atoms with Crippen LogP contribution >= 0.6 is 22.9 Å². The van der Waals surface area contributed by atoms with Crippen molar-refractivity contribution in [3.05, 3.63) is 16.5 Å². The van der Waals surface area contributed by atoms with Crippen LogP contribution in [-0.4, -0.2) is 61.8 Å². The average Bonchev–Trinajstić information content (AvgIpc) is 3.07. The van der Waals surface area contributed by atoms with Gasteiger partial charge in [0.05, 0.1) is 10.9 Å². The summed E-state index contributed by atoms with van der Waals surface area (Å²) >= 11 is 6.90. The van der Waals surface area contributed by atoms with Crippen molar-refractivity contribution in [2.45, 2.75) is 36.4 Å². The fraction of sp³-hybridized carbons (Fsp3) is 0.588. The van der Waals surface area contributed by atoms with Crippen LogP contribution in [0.15, 0.2) is 16.3 Å². The van der Waals surface area contributed by atoms with Crippen LogP contribution < -0.4 is 5.32 Å². The Balaban J connectivity index is 1.91. The quantitative estimate of drug-likeness (QED) is 0.689. The number of hydrogen-bond donors (Lipinski definition) is 1. The third-order valence-electron chi connectivity index (χ3n) is 4.70. The van der Waals surface area contributed by atoms with Gasteiger partial charge in [-0.3, -0.25) is 9.69 Å². The number of piperazine rings is 1. The number of nitrogens with one attached hydrogen (secondary N) is 1. The molecule has 1 amide bonds. The van der Waals surface area contributed by atoms with E-state index in [4.69, 9.17) is 18.0 Å². The van der Waals surface area contributed by atoms with E-state index >= 15 is 0 Å². The van der Waals surface area contributed by atoms with E-state index in [1.807, 2.05) is 18.7 Å². The largest absolute Gasteiger partial charge is 0.339 e. The predicted octanol–water partition coefficient (Wildman–Crippen LogP) is 2.02. The molecule has 1 N–H and O–H groups in total. The summed E-state index contributed by atoms with van der Waals surface area (Å²) in [5.41, 5.74) is -0.610. The summed E-state index contributed by atoms with van der Waals surface area (Å²) in [4.78, 5) is 14.3. The molecule has 1 aliphatic heterocycles. The number of terminal acetylenes is 1. The van der Waals surface area contributed by atoms with E-state index in [-0.39, 0.29) is 16.7 Å². The molecular formula is C17H24ClN3O3S2. The van der Waals surface area contributed by atoms with Crippen molar-refractivity contribution in [1.29, 1.82) is 0 Å². The molecule has 2 heterocycles. The summed E-state index contributed by atoms with van der Waals surface area (Å²) in [6.45, 7) is 5.77. The molecule has 9 heteroatoms. The van der Waals surface area contributed by atoms with Gasteiger partial charge in [-0.15, -0.1) is 17.8 Å². The van der Waals surface area contributed by atoms with Crippen LogP contribution in [0.4, 0.5) is 0 Å². The minimum Gasteiger partial charge on any atom is -0.339 e. The number of halogens is 1. The average molecular weight is 418 g/mol. The van der Waals surface area contributed by atoms with Crippen LogP contribution in [0.5, 0.6) is 0 Å². The lowest BCUT2D eigenvalue weighted by Gasteiger charge is -2.34. The molecule has 0 radical (unpaired) electrons. The molecule has 0 spiro atoms. The second kappa shape index (κ2) is 8.72. The SMILES string of the molecule is C#CC(CC)(CC)NC(=O)CN1CCN(S(=O)(=O)c2ccc(Cl)s2)CC1. The van der Waals surface area contributed by atoms with E-state index in [9.17, 15) is 13.2 Å². The van der Waals surface area contributed by atoms with E-state index in [1.165, 1.54) is 10.4 Å². The van der Waals surface area contributed by atoms with Crippen molar-refractivity contribution in [1.82, 2.24) is 14.5 Å². The first kappa shape index (κ1) is 21.2.